The van der Waals surface area contributed by atoms with Crippen LogP contribution >= 0.6 is 0 Å². The van der Waals surface area contributed by atoms with Crippen LogP contribution in [0.5, 0.6) is 0 Å². The molecule has 0 amide bonds. The number of nitrogens with one attached hydrogen (secondary N) is 1. The van der Waals surface area contributed by atoms with E-state index in [0.29, 0.717) is 0 Å². The van der Waals surface area contributed by atoms with Gasteiger partial charge in [-0.15, -0.1) is 0 Å². The highest BCUT2D eigenvalue weighted by Gasteiger charge is 2.29. The fraction of sp³-hybridized carbons (Fsp3) is 0.103. The predicted octanol–water partition coefficient (Wildman–Crippen LogP) is 6.02. The van der Waals surface area contributed by atoms with E-state index in [1.807, 2.05) is 91.9 Å². The number of hydrogen-bond donors (Lipinski definition) is 2. The van der Waals surface area contributed by atoms with Gasteiger partial charge in [0.1, 0.15) is 0 Å². The Labute approximate surface area is 200 Å². The molecule has 170 valence electrons. The lowest BCUT2D eigenvalue weighted by molar-refractivity contribution is 0.508. The quantitative estimate of drug-likeness (QED) is 0.321. The third-order valence-corrected chi connectivity index (χ3v) is 7.77. The Hall–Kier alpha value is -3.51. The molecule has 0 saturated carbocycles. The second-order valence-corrected chi connectivity index (χ2v) is 10.3. The van der Waals surface area contributed by atoms with Gasteiger partial charge < -0.3 is 5.73 Å². The Balaban J connectivity index is 1.67. The smallest absolute Gasteiger partial charge is 0.241 e. The van der Waals surface area contributed by atoms with Gasteiger partial charge in [0, 0.05) is 0 Å². The summed E-state index contributed by atoms with van der Waals surface area (Å²) in [5.74, 6) is 0. The second-order valence-electron chi connectivity index (χ2n) is 8.57. The van der Waals surface area contributed by atoms with Gasteiger partial charge in [-0.05, 0) is 51.7 Å². The maximum atomic E-state index is 13.5. The third kappa shape index (κ3) is 4.21. The normalized spacial score (nSPS) is 13.7. The lowest BCUT2D eigenvalue weighted by atomic mass is 9.89. The minimum atomic E-state index is -3.83. The number of aryl methyl sites for hydroxylation is 1. The lowest BCUT2D eigenvalue weighted by Gasteiger charge is -2.28. The first-order chi connectivity index (χ1) is 16.4. The van der Waals surface area contributed by atoms with Crippen LogP contribution < -0.4 is 10.5 Å². The summed E-state index contributed by atoms with van der Waals surface area (Å²) in [6.45, 7) is 1.93. The van der Waals surface area contributed by atoms with Gasteiger partial charge in [0.25, 0.3) is 0 Å². The minimum Gasteiger partial charge on any atom is -0.322 e. The highest BCUT2D eigenvalue weighted by molar-refractivity contribution is 7.89. The van der Waals surface area contributed by atoms with Crippen molar-refractivity contribution in [3.05, 3.63) is 126 Å². The Morgan fingerprint density at radius 1 is 0.647 bits per heavy atom. The van der Waals surface area contributed by atoms with Gasteiger partial charge in [0.05, 0.1) is 17.0 Å². The maximum absolute atomic E-state index is 13.5. The van der Waals surface area contributed by atoms with E-state index in [4.69, 9.17) is 5.73 Å². The van der Waals surface area contributed by atoms with Crippen molar-refractivity contribution in [2.75, 3.05) is 0 Å². The number of nitrogens with two attached hydrogens (primary N) is 1. The summed E-state index contributed by atoms with van der Waals surface area (Å²) < 4.78 is 29.9. The summed E-state index contributed by atoms with van der Waals surface area (Å²) in [4.78, 5) is 0.216. The molecule has 0 fully saturated rings. The fourth-order valence-electron chi connectivity index (χ4n) is 4.53. The Morgan fingerprint density at radius 2 is 1.15 bits per heavy atom. The topological polar surface area (TPSA) is 72.2 Å². The van der Waals surface area contributed by atoms with Crippen molar-refractivity contribution in [3.63, 3.8) is 0 Å². The molecule has 0 aromatic heterocycles. The van der Waals surface area contributed by atoms with Gasteiger partial charge in [0.15, 0.2) is 0 Å². The van der Waals surface area contributed by atoms with E-state index in [1.54, 1.807) is 24.3 Å². The van der Waals surface area contributed by atoms with Crippen LogP contribution in [0, 0.1) is 6.92 Å². The van der Waals surface area contributed by atoms with Gasteiger partial charge in [-0.3, -0.25) is 0 Å². The molecular weight excluding hydrogens is 440 g/mol. The van der Waals surface area contributed by atoms with E-state index in [2.05, 4.69) is 4.72 Å². The van der Waals surface area contributed by atoms with Crippen LogP contribution in [0.15, 0.2) is 114 Å². The summed E-state index contributed by atoms with van der Waals surface area (Å²) in [7, 11) is -3.83. The maximum Gasteiger partial charge on any atom is 0.241 e. The third-order valence-electron chi connectivity index (χ3n) is 6.31. The Bertz CT molecular complexity index is 1570. The van der Waals surface area contributed by atoms with Crippen LogP contribution in [-0.4, -0.2) is 8.42 Å². The largest absolute Gasteiger partial charge is 0.322 e. The van der Waals surface area contributed by atoms with Crippen molar-refractivity contribution >= 4 is 31.6 Å². The van der Waals surface area contributed by atoms with Crippen LogP contribution in [0.2, 0.25) is 0 Å². The highest BCUT2D eigenvalue weighted by Crippen LogP contribution is 2.36. The first kappa shape index (κ1) is 22.3. The molecule has 5 aromatic carbocycles. The van der Waals surface area contributed by atoms with Crippen molar-refractivity contribution < 1.29 is 8.42 Å². The zero-order valence-electron chi connectivity index (χ0n) is 18.8. The van der Waals surface area contributed by atoms with Gasteiger partial charge >= 0.3 is 0 Å². The van der Waals surface area contributed by atoms with Crippen molar-refractivity contribution in [2.24, 2.45) is 5.73 Å². The molecule has 34 heavy (non-hydrogen) atoms. The van der Waals surface area contributed by atoms with Crippen molar-refractivity contribution in [1.82, 2.24) is 4.72 Å². The van der Waals surface area contributed by atoms with Gasteiger partial charge in [0.2, 0.25) is 10.0 Å². The van der Waals surface area contributed by atoms with Gasteiger partial charge in [-0.2, -0.15) is 0 Å². The molecule has 2 atom stereocenters. The Morgan fingerprint density at radius 3 is 1.76 bits per heavy atom. The first-order valence-electron chi connectivity index (χ1n) is 11.2. The van der Waals surface area contributed by atoms with Crippen molar-refractivity contribution in [1.29, 1.82) is 0 Å². The fourth-order valence-corrected chi connectivity index (χ4v) is 5.76. The zero-order valence-corrected chi connectivity index (χ0v) is 19.7. The molecule has 5 heteroatoms. The molecule has 0 aliphatic heterocycles. The molecule has 3 N–H and O–H groups in total. The van der Waals surface area contributed by atoms with Gasteiger partial charge in [-0.1, -0.05) is 103 Å². The van der Waals surface area contributed by atoms with E-state index < -0.39 is 22.1 Å². The number of sulfonamides is 1. The van der Waals surface area contributed by atoms with Crippen LogP contribution in [0.3, 0.4) is 0 Å². The summed E-state index contributed by atoms with van der Waals surface area (Å²) >= 11 is 0. The molecule has 5 aromatic rings. The molecule has 0 heterocycles. The highest BCUT2D eigenvalue weighted by atomic mass is 32.2. The molecule has 0 aliphatic rings. The van der Waals surface area contributed by atoms with E-state index in [9.17, 15) is 8.42 Å². The average Bonchev–Trinajstić information content (AvgIpc) is 2.86. The van der Waals surface area contributed by atoms with Gasteiger partial charge in [-0.25, -0.2) is 13.1 Å². The average molecular weight is 467 g/mol. The SMILES string of the molecule is Cc1ccc(S(=O)(=O)NC(c2cccc3ccccc23)C(N)c2cccc3ccccc23)cc1. The number of benzene rings is 5. The summed E-state index contributed by atoms with van der Waals surface area (Å²) in [6, 6.07) is 33.4. The molecule has 0 spiro atoms. The minimum absolute atomic E-state index is 0.216. The number of hydrogen-bond acceptors (Lipinski definition) is 3. The Kier molecular flexibility index (Phi) is 5.92. The van der Waals surface area contributed by atoms with Crippen molar-refractivity contribution in [2.45, 2.75) is 23.9 Å². The number of rotatable bonds is 6. The molecule has 4 nitrogen and oxygen atoms in total. The summed E-state index contributed by atoms with van der Waals surface area (Å²) in [5, 5.41) is 4.08. The van der Waals surface area contributed by atoms with Crippen LogP contribution in [0.1, 0.15) is 28.8 Å². The van der Waals surface area contributed by atoms with Crippen LogP contribution in [0.4, 0.5) is 0 Å². The summed E-state index contributed by atoms with van der Waals surface area (Å²) in [6.07, 6.45) is 0. The standard InChI is InChI=1S/C29H26N2O2S/c1-20-16-18-23(19-17-20)34(32,33)31-29(27-15-7-11-22-9-3-5-13-25(22)27)28(30)26-14-6-10-21-8-2-4-12-24(21)26/h2-19,28-29,31H,30H2,1H3. The number of fused-ring (bicyclic) bond motifs is 2. The van der Waals surface area contributed by atoms with E-state index in [1.165, 1.54) is 0 Å². The molecule has 0 saturated heterocycles. The van der Waals surface area contributed by atoms with Crippen LogP contribution in [0.25, 0.3) is 21.5 Å². The van der Waals surface area contributed by atoms with Crippen molar-refractivity contribution in [3.8, 4) is 0 Å². The predicted molar refractivity (Wildman–Crippen MR) is 139 cm³/mol. The first-order valence-corrected chi connectivity index (χ1v) is 12.7. The molecule has 0 aliphatic carbocycles. The lowest BCUT2D eigenvalue weighted by Crippen LogP contribution is -2.36. The van der Waals surface area contributed by atoms with E-state index in [-0.39, 0.29) is 4.90 Å². The zero-order chi connectivity index (χ0) is 23.7. The van der Waals surface area contributed by atoms with E-state index >= 15 is 0 Å². The molecular formula is C29H26N2O2S. The summed E-state index contributed by atoms with van der Waals surface area (Å²) in [5.41, 5.74) is 9.64. The monoisotopic (exact) mass is 466 g/mol. The van der Waals surface area contributed by atoms with Crippen LogP contribution in [-0.2, 0) is 10.0 Å². The van der Waals surface area contributed by atoms with E-state index in [0.717, 1.165) is 38.2 Å². The molecule has 2 unspecified atom stereocenters. The molecule has 0 bridgehead atoms. The second kappa shape index (κ2) is 9.03. The molecule has 0 radical (unpaired) electrons. The molecule has 5 rings (SSSR count).